The van der Waals surface area contributed by atoms with Crippen LogP contribution in [0.1, 0.15) is 43.4 Å². The third-order valence-corrected chi connectivity index (χ3v) is 5.19. The maximum atomic E-state index is 13.4. The fraction of sp³-hybridized carbons (Fsp3) is 0.350. The molecule has 0 radical (unpaired) electrons. The molecule has 1 aromatic carbocycles. The van der Waals surface area contributed by atoms with Gasteiger partial charge < -0.3 is 10.4 Å². The number of aliphatic hydroxyl groups excluding tert-OH is 1. The van der Waals surface area contributed by atoms with Gasteiger partial charge >= 0.3 is 0 Å². The zero-order chi connectivity index (χ0) is 17.6. The molecule has 2 heterocycles. The van der Waals surface area contributed by atoms with Crippen molar-refractivity contribution in [2.24, 2.45) is 0 Å². The van der Waals surface area contributed by atoms with Crippen LogP contribution in [0.3, 0.4) is 0 Å². The summed E-state index contributed by atoms with van der Waals surface area (Å²) in [5.74, 6) is 0. The van der Waals surface area contributed by atoms with Gasteiger partial charge in [0, 0.05) is 35.9 Å². The molecule has 0 aliphatic carbocycles. The molecule has 0 bridgehead atoms. The van der Waals surface area contributed by atoms with Gasteiger partial charge in [0.25, 0.3) is 0 Å². The van der Waals surface area contributed by atoms with E-state index in [4.69, 9.17) is 0 Å². The van der Waals surface area contributed by atoms with Gasteiger partial charge in [0.2, 0.25) is 0 Å². The van der Waals surface area contributed by atoms with Crippen LogP contribution >= 0.6 is 11.3 Å². The molecule has 3 rings (SSSR count). The summed E-state index contributed by atoms with van der Waals surface area (Å²) in [6.07, 6.45) is 5.37. The first-order chi connectivity index (χ1) is 12.1. The fourth-order valence-electron chi connectivity index (χ4n) is 2.95. The van der Waals surface area contributed by atoms with Gasteiger partial charge in [-0.05, 0) is 60.7 Å². The average Bonchev–Trinajstić information content (AvgIpc) is 3.06. The topological polar surface area (TPSA) is 45.1 Å². The molecule has 0 aliphatic heterocycles. The Morgan fingerprint density at radius 1 is 1.20 bits per heavy atom. The molecule has 0 spiro atoms. The molecule has 3 nitrogen and oxygen atoms in total. The van der Waals surface area contributed by atoms with E-state index in [1.165, 1.54) is 10.9 Å². The number of thiophene rings is 1. The first-order valence-corrected chi connectivity index (χ1v) is 9.48. The summed E-state index contributed by atoms with van der Waals surface area (Å²) in [4.78, 5) is 4.13. The van der Waals surface area contributed by atoms with E-state index in [-0.39, 0.29) is 5.13 Å². The third kappa shape index (κ3) is 4.84. The van der Waals surface area contributed by atoms with Crippen LogP contribution in [0, 0.1) is 5.13 Å². The number of aromatic nitrogens is 1. The summed E-state index contributed by atoms with van der Waals surface area (Å²) in [5.41, 5.74) is 1.67. The van der Waals surface area contributed by atoms with Crippen molar-refractivity contribution in [2.75, 3.05) is 0 Å². The standard InChI is InChI=1S/C20H23FN2OS/c1-14(3-2-4-19(24)18-8-10-25-20(18)21)23-12-15-5-6-17-13-22-9-7-16(17)11-15/h5-11,13-14,19,23-24H,2-4,12H2,1H3/t14-,19?/m1/s1. The van der Waals surface area contributed by atoms with Crippen LogP contribution in [-0.2, 0) is 6.54 Å². The number of halogens is 1. The molecule has 0 saturated carbocycles. The third-order valence-electron chi connectivity index (χ3n) is 4.48. The zero-order valence-corrected chi connectivity index (χ0v) is 15.1. The van der Waals surface area contributed by atoms with E-state index < -0.39 is 6.10 Å². The lowest BCUT2D eigenvalue weighted by atomic mass is 10.0. The molecule has 0 fully saturated rings. The molecular weight excluding hydrogens is 335 g/mol. The van der Waals surface area contributed by atoms with Gasteiger partial charge in [-0.2, -0.15) is 4.39 Å². The number of hydrogen-bond acceptors (Lipinski definition) is 4. The Morgan fingerprint density at radius 3 is 2.88 bits per heavy atom. The van der Waals surface area contributed by atoms with Gasteiger partial charge in [-0.3, -0.25) is 4.98 Å². The summed E-state index contributed by atoms with van der Waals surface area (Å²) >= 11 is 1.04. The molecule has 2 aromatic heterocycles. The van der Waals surface area contributed by atoms with Crippen molar-refractivity contribution in [3.63, 3.8) is 0 Å². The lowest BCUT2D eigenvalue weighted by molar-refractivity contribution is 0.159. The van der Waals surface area contributed by atoms with Crippen LogP contribution in [0.25, 0.3) is 10.8 Å². The fourth-order valence-corrected chi connectivity index (χ4v) is 3.63. The first-order valence-electron chi connectivity index (χ1n) is 8.60. The van der Waals surface area contributed by atoms with Crippen molar-refractivity contribution in [3.05, 3.63) is 64.4 Å². The van der Waals surface area contributed by atoms with E-state index in [0.29, 0.717) is 18.0 Å². The predicted molar refractivity (Wildman–Crippen MR) is 101 cm³/mol. The molecule has 0 saturated heterocycles. The normalized spacial score (nSPS) is 13.9. The molecule has 2 atom stereocenters. The quantitative estimate of drug-likeness (QED) is 0.607. The Bertz CT molecular complexity index is 820. The molecule has 3 aromatic rings. The number of nitrogens with zero attached hydrogens (tertiary/aromatic N) is 1. The maximum Gasteiger partial charge on any atom is 0.182 e. The highest BCUT2D eigenvalue weighted by Gasteiger charge is 2.14. The van der Waals surface area contributed by atoms with Crippen LogP contribution in [0.5, 0.6) is 0 Å². The second-order valence-corrected chi connectivity index (χ2v) is 7.30. The number of nitrogens with one attached hydrogen (secondary N) is 1. The van der Waals surface area contributed by atoms with Crippen LogP contribution < -0.4 is 5.32 Å². The summed E-state index contributed by atoms with van der Waals surface area (Å²) in [5, 5.41) is 17.3. The molecular formula is C20H23FN2OS. The Hall–Kier alpha value is -1.82. The first kappa shape index (κ1) is 18.0. The van der Waals surface area contributed by atoms with Gasteiger partial charge in [-0.1, -0.05) is 12.1 Å². The Morgan fingerprint density at radius 2 is 2.08 bits per heavy atom. The monoisotopic (exact) mass is 358 g/mol. The molecule has 25 heavy (non-hydrogen) atoms. The van der Waals surface area contributed by atoms with Crippen LogP contribution in [0.15, 0.2) is 48.1 Å². The number of pyridine rings is 1. The predicted octanol–water partition coefficient (Wildman–Crippen LogP) is 4.82. The van der Waals surface area contributed by atoms with Crippen molar-refractivity contribution in [3.8, 4) is 0 Å². The van der Waals surface area contributed by atoms with Crippen LogP contribution in [0.2, 0.25) is 0 Å². The minimum Gasteiger partial charge on any atom is -0.388 e. The molecule has 5 heteroatoms. The lowest BCUT2D eigenvalue weighted by Gasteiger charge is -2.15. The number of fused-ring (bicyclic) bond motifs is 1. The van der Waals surface area contributed by atoms with Crippen molar-refractivity contribution < 1.29 is 9.50 Å². The number of hydrogen-bond donors (Lipinski definition) is 2. The van der Waals surface area contributed by atoms with E-state index in [1.54, 1.807) is 11.4 Å². The minimum absolute atomic E-state index is 0.273. The largest absolute Gasteiger partial charge is 0.388 e. The van der Waals surface area contributed by atoms with E-state index >= 15 is 0 Å². The summed E-state index contributed by atoms with van der Waals surface area (Å²) < 4.78 is 13.4. The highest BCUT2D eigenvalue weighted by molar-refractivity contribution is 7.08. The second kappa shape index (κ2) is 8.52. The van der Waals surface area contributed by atoms with Gasteiger partial charge in [0.1, 0.15) is 0 Å². The van der Waals surface area contributed by atoms with E-state index in [2.05, 4.69) is 35.4 Å². The zero-order valence-electron chi connectivity index (χ0n) is 14.3. The van der Waals surface area contributed by atoms with Gasteiger partial charge in [-0.25, -0.2) is 0 Å². The van der Waals surface area contributed by atoms with Gasteiger partial charge in [0.05, 0.1) is 6.10 Å². The SMILES string of the molecule is C[C@H](CCCC(O)c1ccsc1F)NCc1ccc2cnccc2c1. The number of rotatable bonds is 8. The number of benzene rings is 1. The second-order valence-electron chi connectivity index (χ2n) is 6.44. The molecule has 1 unspecified atom stereocenters. The lowest BCUT2D eigenvalue weighted by Crippen LogP contribution is -2.25. The average molecular weight is 358 g/mol. The van der Waals surface area contributed by atoms with Crippen molar-refractivity contribution >= 4 is 22.1 Å². The van der Waals surface area contributed by atoms with Crippen molar-refractivity contribution in [2.45, 2.75) is 44.9 Å². The molecule has 0 aliphatic rings. The van der Waals surface area contributed by atoms with Gasteiger partial charge in [0.15, 0.2) is 5.13 Å². The van der Waals surface area contributed by atoms with Crippen LogP contribution in [0.4, 0.5) is 4.39 Å². The van der Waals surface area contributed by atoms with Crippen molar-refractivity contribution in [1.29, 1.82) is 0 Å². The molecule has 0 amide bonds. The Balaban J connectivity index is 1.43. The van der Waals surface area contributed by atoms with Crippen molar-refractivity contribution in [1.82, 2.24) is 10.3 Å². The summed E-state index contributed by atoms with van der Waals surface area (Å²) in [6, 6.07) is 10.4. The maximum absolute atomic E-state index is 13.4. The smallest absolute Gasteiger partial charge is 0.182 e. The highest BCUT2D eigenvalue weighted by Crippen LogP contribution is 2.25. The Kier molecular flexibility index (Phi) is 6.13. The van der Waals surface area contributed by atoms with E-state index in [0.717, 1.165) is 36.1 Å². The van der Waals surface area contributed by atoms with Crippen LogP contribution in [-0.4, -0.2) is 16.1 Å². The molecule has 2 N–H and O–H groups in total. The highest BCUT2D eigenvalue weighted by atomic mass is 32.1. The van der Waals surface area contributed by atoms with Gasteiger partial charge in [-0.15, -0.1) is 11.3 Å². The Labute approximate surface area is 151 Å². The summed E-state index contributed by atoms with van der Waals surface area (Å²) in [7, 11) is 0. The summed E-state index contributed by atoms with van der Waals surface area (Å²) in [6.45, 7) is 2.95. The van der Waals surface area contributed by atoms with E-state index in [1.807, 2.05) is 18.5 Å². The number of aliphatic hydroxyl groups is 1. The minimum atomic E-state index is -0.701. The molecule has 132 valence electrons. The van der Waals surface area contributed by atoms with E-state index in [9.17, 15) is 9.50 Å².